The zero-order valence-corrected chi connectivity index (χ0v) is 56.5. The summed E-state index contributed by atoms with van der Waals surface area (Å²) >= 11 is 0. The Hall–Kier alpha value is -13.9. The molecule has 0 unspecified atom stereocenters. The van der Waals surface area contributed by atoms with E-state index in [4.69, 9.17) is 33.8 Å². The summed E-state index contributed by atoms with van der Waals surface area (Å²) in [4.78, 5) is 21.8. The van der Waals surface area contributed by atoms with Crippen LogP contribution in [-0.4, -0.2) is 19.9 Å². The highest BCUT2D eigenvalue weighted by molar-refractivity contribution is 6.07. The first-order valence-electron chi connectivity index (χ1n) is 35.7. The smallest absolute Gasteiger partial charge is 0.160 e. The van der Waals surface area contributed by atoms with Gasteiger partial charge < -0.3 is 13.9 Å². The predicted octanol–water partition coefficient (Wildman–Crippen LogP) is 24.6. The summed E-state index contributed by atoms with van der Waals surface area (Å²) < 4.78 is 20.8. The maximum atomic E-state index is 7.29. The summed E-state index contributed by atoms with van der Waals surface area (Å²) in [5.74, 6) is 4.30. The third kappa shape index (κ3) is 8.79. The Kier molecular flexibility index (Phi) is 12.8. The van der Waals surface area contributed by atoms with E-state index in [1.807, 2.05) is 36.4 Å². The maximum absolute atomic E-state index is 7.29. The molecule has 7 nitrogen and oxygen atoms in total. The minimum atomic E-state index is -0.751. The van der Waals surface area contributed by atoms with Crippen LogP contribution < -0.4 is 9.47 Å². The van der Waals surface area contributed by atoms with Gasteiger partial charge in [0, 0.05) is 66.4 Å². The summed E-state index contributed by atoms with van der Waals surface area (Å²) in [7, 11) is 0. The minimum Gasteiger partial charge on any atom is -0.457 e. The van der Waals surface area contributed by atoms with Gasteiger partial charge in [-0.25, -0.2) is 19.9 Å². The number of fused-ring (bicyclic) bond motifs is 22. The first kappa shape index (κ1) is 58.9. The molecule has 7 heteroatoms. The highest BCUT2D eigenvalue weighted by atomic mass is 16.5. The van der Waals surface area contributed by atoms with E-state index < -0.39 is 10.8 Å². The van der Waals surface area contributed by atoms with Crippen LogP contribution in [0.5, 0.6) is 23.0 Å². The SMILES string of the molecule is c1ccc(-c2cc(-c3ccc4c(c3)oc3ccccc34)nc(-c3ccc4c(c3)Oc3ccc(-c5ccc(-c6cc(-c7ccc(-c8ccccc8)c8ccccc78)nc(-c7ccc8c(c7)Oc7ccccc7C87c8ccccc8-c8ccccc87)n6)cc5)cc3C43c4ccccc4-c4ccccc43)n2)cc1. The number of hydrogen-bond donors (Lipinski definition) is 0. The van der Waals surface area contributed by atoms with Gasteiger partial charge in [0.1, 0.15) is 34.2 Å². The second kappa shape index (κ2) is 22.8. The molecule has 4 aliphatic rings. The zero-order chi connectivity index (χ0) is 68.9. The lowest BCUT2D eigenvalue weighted by atomic mass is 9.65. The number of para-hydroxylation sites is 2. The maximum Gasteiger partial charge on any atom is 0.160 e. The average Bonchev–Trinajstić information content (AvgIpc) is 1.57. The quantitative estimate of drug-likeness (QED) is 0.150. The van der Waals surface area contributed by atoms with Crippen molar-refractivity contribution >= 4 is 32.7 Å². The van der Waals surface area contributed by atoms with Crippen molar-refractivity contribution in [2.45, 2.75) is 10.8 Å². The van der Waals surface area contributed by atoms with Crippen molar-refractivity contribution < 1.29 is 13.9 Å². The van der Waals surface area contributed by atoms with Crippen molar-refractivity contribution in [2.75, 3.05) is 0 Å². The summed E-state index contributed by atoms with van der Waals surface area (Å²) in [5, 5.41) is 4.40. The molecule has 22 rings (SSSR count). The lowest BCUT2D eigenvalue weighted by molar-refractivity contribution is 0.436. The number of benzene rings is 15. The fourth-order valence-electron chi connectivity index (χ4n) is 17.7. The standard InChI is InChI=1S/C98H58N4O3/c1-3-21-60(22-4-1)67-48-49-74(69-26-8-7-25-68(67)69)88-58-86(100-96(102-88)66-44-50-82-93(56-66)104-90-38-20-18-36-81(90)97(82)77-32-14-9-27-70(77)71-28-10-15-33-78(71)97)62-41-39-59(40-42-62)63-46-52-91-84(53-63)98(79-34-16-11-29-72(79)73-30-12-17-35-80(73)98)83-51-45-65(55-94(83)105-91)95-99-85(61-23-5-2-6-24-61)57-87(101-95)64-43-47-76-75-31-13-19-37-89(75)103-92(76)54-64/h1-58H. The number of aromatic nitrogens is 4. The van der Waals surface area contributed by atoms with Crippen LogP contribution in [0.15, 0.2) is 356 Å². The van der Waals surface area contributed by atoms with Crippen LogP contribution in [-0.2, 0) is 10.8 Å². The van der Waals surface area contributed by atoms with E-state index in [9.17, 15) is 0 Å². The van der Waals surface area contributed by atoms with Crippen molar-refractivity contribution in [3.63, 3.8) is 0 Å². The molecule has 105 heavy (non-hydrogen) atoms. The molecule has 0 atom stereocenters. The Morgan fingerprint density at radius 2 is 0.590 bits per heavy atom. The van der Waals surface area contributed by atoms with E-state index in [0.29, 0.717) is 11.6 Å². The minimum absolute atomic E-state index is 0.587. The molecule has 15 aromatic carbocycles. The molecule has 0 radical (unpaired) electrons. The van der Waals surface area contributed by atoms with Crippen LogP contribution in [0.3, 0.4) is 0 Å². The Balaban J connectivity index is 0.671. The summed E-state index contributed by atoms with van der Waals surface area (Å²) in [6.45, 7) is 0. The molecule has 0 amide bonds. The monoisotopic (exact) mass is 1340 g/mol. The molecule has 0 fully saturated rings. The summed E-state index contributed by atoms with van der Waals surface area (Å²) in [6.07, 6.45) is 0. The van der Waals surface area contributed by atoms with E-state index in [1.54, 1.807) is 0 Å². The predicted molar refractivity (Wildman–Crippen MR) is 421 cm³/mol. The fourth-order valence-corrected chi connectivity index (χ4v) is 17.7. The summed E-state index contributed by atoms with van der Waals surface area (Å²) in [5.41, 5.74) is 27.6. The van der Waals surface area contributed by atoms with E-state index in [0.717, 1.165) is 156 Å². The Morgan fingerprint density at radius 3 is 1.20 bits per heavy atom. The Bertz CT molecular complexity index is 6590. The van der Waals surface area contributed by atoms with Gasteiger partial charge in [-0.05, 0) is 138 Å². The number of furan rings is 1. The van der Waals surface area contributed by atoms with Gasteiger partial charge in [-0.3, -0.25) is 0 Å². The summed E-state index contributed by atoms with van der Waals surface area (Å²) in [6, 6.07) is 125. The van der Waals surface area contributed by atoms with Crippen LogP contribution in [0.1, 0.15) is 44.5 Å². The highest BCUT2D eigenvalue weighted by Crippen LogP contribution is 2.65. The number of hydrogen-bond acceptors (Lipinski definition) is 7. The van der Waals surface area contributed by atoms with Crippen LogP contribution in [0.2, 0.25) is 0 Å². The molecule has 3 aromatic heterocycles. The van der Waals surface area contributed by atoms with Crippen LogP contribution >= 0.6 is 0 Å². The second-order valence-corrected chi connectivity index (χ2v) is 27.8. The van der Waals surface area contributed by atoms with Crippen LogP contribution in [0, 0.1) is 0 Å². The molecule has 0 bridgehead atoms. The third-order valence-corrected chi connectivity index (χ3v) is 22.3. The van der Waals surface area contributed by atoms with Gasteiger partial charge in [0.25, 0.3) is 0 Å². The van der Waals surface area contributed by atoms with Crippen molar-refractivity contribution in [1.29, 1.82) is 0 Å². The zero-order valence-electron chi connectivity index (χ0n) is 56.5. The van der Waals surface area contributed by atoms with Gasteiger partial charge in [0.15, 0.2) is 11.6 Å². The fraction of sp³-hybridized carbons (Fsp3) is 0.0204. The lowest BCUT2D eigenvalue weighted by Crippen LogP contribution is -2.32. The first-order valence-corrected chi connectivity index (χ1v) is 35.7. The van der Waals surface area contributed by atoms with E-state index in [2.05, 4.69) is 315 Å². The number of nitrogens with zero attached hydrogens (tertiary/aromatic N) is 4. The lowest BCUT2D eigenvalue weighted by Gasteiger charge is -2.39. The topological polar surface area (TPSA) is 83.2 Å². The van der Waals surface area contributed by atoms with Gasteiger partial charge in [0.05, 0.1) is 33.6 Å². The van der Waals surface area contributed by atoms with Gasteiger partial charge in [0.2, 0.25) is 0 Å². The van der Waals surface area contributed by atoms with E-state index in [-0.39, 0.29) is 0 Å². The van der Waals surface area contributed by atoms with Crippen molar-refractivity contribution in [2.24, 2.45) is 0 Å². The van der Waals surface area contributed by atoms with Gasteiger partial charge in [-0.2, -0.15) is 0 Å². The van der Waals surface area contributed by atoms with Crippen molar-refractivity contribution in [3.8, 4) is 135 Å². The van der Waals surface area contributed by atoms with Crippen molar-refractivity contribution in [3.05, 3.63) is 396 Å². The Labute approximate surface area is 605 Å². The molecule has 18 aromatic rings. The largest absolute Gasteiger partial charge is 0.457 e. The normalized spacial score (nSPS) is 13.4. The molecular weight excluding hydrogens is 1280 g/mol. The van der Waals surface area contributed by atoms with Gasteiger partial charge >= 0.3 is 0 Å². The van der Waals surface area contributed by atoms with E-state index in [1.165, 1.54) is 44.5 Å². The molecule has 0 saturated heterocycles. The molecule has 2 spiro atoms. The third-order valence-electron chi connectivity index (χ3n) is 22.3. The first-order chi connectivity index (χ1) is 52.0. The molecule has 2 aliphatic heterocycles. The number of ether oxygens (including phenoxy) is 2. The van der Waals surface area contributed by atoms with Crippen LogP contribution in [0.4, 0.5) is 0 Å². The average molecular weight is 1340 g/mol. The number of rotatable bonds is 8. The highest BCUT2D eigenvalue weighted by Gasteiger charge is 2.53. The van der Waals surface area contributed by atoms with Crippen molar-refractivity contribution in [1.82, 2.24) is 19.9 Å². The Morgan fingerprint density at radius 1 is 0.190 bits per heavy atom. The molecule has 5 heterocycles. The second-order valence-electron chi connectivity index (χ2n) is 27.8. The molecule has 0 N–H and O–H groups in total. The molecule has 488 valence electrons. The molecular formula is C98H58N4O3. The van der Waals surface area contributed by atoms with Gasteiger partial charge in [-0.1, -0.05) is 291 Å². The van der Waals surface area contributed by atoms with Gasteiger partial charge in [-0.15, -0.1) is 0 Å². The molecule has 0 saturated carbocycles. The van der Waals surface area contributed by atoms with E-state index >= 15 is 0 Å². The van der Waals surface area contributed by atoms with Crippen LogP contribution in [0.25, 0.3) is 145 Å². The molecule has 2 aliphatic carbocycles.